The van der Waals surface area contributed by atoms with E-state index in [9.17, 15) is 9.90 Å². The van der Waals surface area contributed by atoms with E-state index in [0.717, 1.165) is 28.5 Å². The molecule has 5 heteroatoms. The van der Waals surface area contributed by atoms with Crippen molar-refractivity contribution >= 4 is 22.9 Å². The molecule has 1 aliphatic rings. The topological polar surface area (TPSA) is 61.7 Å². The van der Waals surface area contributed by atoms with E-state index >= 15 is 0 Å². The molecule has 0 radical (unpaired) electrons. The maximum absolute atomic E-state index is 11.6. The van der Waals surface area contributed by atoms with Gasteiger partial charge in [0.1, 0.15) is 6.04 Å². The summed E-state index contributed by atoms with van der Waals surface area (Å²) in [6, 6.07) is 7.37. The zero-order chi connectivity index (χ0) is 15.4. The fourth-order valence-electron chi connectivity index (χ4n) is 2.31. The number of carboxylic acid groups (broad SMARTS) is 1. The summed E-state index contributed by atoms with van der Waals surface area (Å²) in [6.07, 6.45) is 1.05. The van der Waals surface area contributed by atoms with Crippen molar-refractivity contribution in [3.05, 3.63) is 46.7 Å². The Balaban J connectivity index is 2.44. The van der Waals surface area contributed by atoms with E-state index in [1.165, 1.54) is 0 Å². The first-order valence-corrected chi connectivity index (χ1v) is 8.00. The van der Waals surface area contributed by atoms with Gasteiger partial charge in [-0.1, -0.05) is 43.0 Å². The highest BCUT2D eigenvalue weighted by molar-refractivity contribution is 8.13. The fraction of sp³-hybridized carbons (Fsp3) is 0.375. The van der Waals surface area contributed by atoms with Crippen LogP contribution in [0.1, 0.15) is 37.4 Å². The molecule has 1 heterocycles. The minimum atomic E-state index is -0.920. The number of hydrogen-bond acceptors (Lipinski definition) is 4. The number of allylic oxidation sites excluding steroid dienone is 1. The first-order chi connectivity index (χ1) is 10.0. The lowest BCUT2D eigenvalue weighted by Crippen LogP contribution is -2.30. The van der Waals surface area contributed by atoms with Crippen LogP contribution in [-0.2, 0) is 4.79 Å². The molecule has 1 aliphatic heterocycles. The van der Waals surface area contributed by atoms with Gasteiger partial charge in [0.15, 0.2) is 5.17 Å². The number of aliphatic carboxylic acids is 1. The van der Waals surface area contributed by atoms with Crippen LogP contribution in [0.25, 0.3) is 0 Å². The van der Waals surface area contributed by atoms with Crippen LogP contribution in [0.15, 0.2) is 40.5 Å². The molecule has 0 saturated heterocycles. The van der Waals surface area contributed by atoms with Gasteiger partial charge in [-0.05, 0) is 31.4 Å². The quantitative estimate of drug-likeness (QED) is 0.893. The Morgan fingerprint density at radius 2 is 2.10 bits per heavy atom. The van der Waals surface area contributed by atoms with Crippen LogP contribution in [-0.4, -0.2) is 22.0 Å². The molecule has 1 aromatic carbocycles. The molecule has 112 valence electrons. The number of carboxylic acids is 1. The molecule has 1 aromatic rings. The lowest BCUT2D eigenvalue weighted by atomic mass is 9.93. The number of amidine groups is 1. The molecule has 0 spiro atoms. The second-order valence-electron chi connectivity index (χ2n) is 5.01. The van der Waals surface area contributed by atoms with Crippen LogP contribution >= 0.6 is 11.8 Å². The smallest absolute Gasteiger partial charge is 0.335 e. The summed E-state index contributed by atoms with van der Waals surface area (Å²) in [5, 5.41) is 13.4. The van der Waals surface area contributed by atoms with E-state index in [2.05, 4.69) is 17.2 Å². The number of carbonyl (C=O) groups is 1. The Labute approximate surface area is 129 Å². The number of nitrogens with zero attached hydrogens (tertiary/aromatic N) is 1. The molecule has 0 aromatic heterocycles. The zero-order valence-corrected chi connectivity index (χ0v) is 13.3. The van der Waals surface area contributed by atoms with Crippen LogP contribution in [0.3, 0.4) is 0 Å². The second-order valence-corrected chi connectivity index (χ2v) is 6.09. The molecule has 1 unspecified atom stereocenters. The van der Waals surface area contributed by atoms with Crippen LogP contribution in [0, 0.1) is 6.92 Å². The predicted octanol–water partition coefficient (Wildman–Crippen LogP) is 3.50. The average molecular weight is 304 g/mol. The molecular weight excluding hydrogens is 284 g/mol. The number of rotatable bonds is 4. The molecule has 2 rings (SSSR count). The van der Waals surface area contributed by atoms with Gasteiger partial charge in [-0.2, -0.15) is 0 Å². The van der Waals surface area contributed by atoms with E-state index in [1.807, 2.05) is 31.2 Å². The van der Waals surface area contributed by atoms with Gasteiger partial charge in [-0.3, -0.25) is 0 Å². The summed E-state index contributed by atoms with van der Waals surface area (Å²) in [6.45, 7) is 5.90. The number of nitrogens with one attached hydrogen (secondary N) is 1. The first-order valence-electron chi connectivity index (χ1n) is 7.01. The van der Waals surface area contributed by atoms with E-state index in [1.54, 1.807) is 18.7 Å². The molecule has 0 amide bonds. The third kappa shape index (κ3) is 3.47. The Bertz CT molecular complexity index is 608. The largest absolute Gasteiger partial charge is 0.478 e. The average Bonchev–Trinajstić information content (AvgIpc) is 2.44. The van der Waals surface area contributed by atoms with Gasteiger partial charge in [0.25, 0.3) is 0 Å². The number of aryl methyl sites for hydroxylation is 1. The molecule has 0 bridgehead atoms. The van der Waals surface area contributed by atoms with Gasteiger partial charge in [0.05, 0.1) is 5.57 Å². The number of aliphatic imine (C=N–C) groups is 1. The lowest BCUT2D eigenvalue weighted by Gasteiger charge is -2.25. The molecule has 0 fully saturated rings. The fourth-order valence-corrected chi connectivity index (χ4v) is 3.12. The van der Waals surface area contributed by atoms with Gasteiger partial charge in [0.2, 0.25) is 0 Å². The Morgan fingerprint density at radius 3 is 2.71 bits per heavy atom. The maximum atomic E-state index is 11.6. The summed E-state index contributed by atoms with van der Waals surface area (Å²) in [5.41, 5.74) is 3.00. The number of hydrogen-bond donors (Lipinski definition) is 2. The number of thioether (sulfide) groups is 1. The minimum Gasteiger partial charge on any atom is -0.478 e. The maximum Gasteiger partial charge on any atom is 0.335 e. The van der Waals surface area contributed by atoms with Crippen molar-refractivity contribution in [2.45, 2.75) is 33.2 Å². The predicted molar refractivity (Wildman–Crippen MR) is 87.6 cm³/mol. The summed E-state index contributed by atoms with van der Waals surface area (Å²) >= 11 is 1.63. The van der Waals surface area contributed by atoms with Gasteiger partial charge in [-0.25, -0.2) is 9.79 Å². The van der Waals surface area contributed by atoms with Crippen molar-refractivity contribution < 1.29 is 9.90 Å². The lowest BCUT2D eigenvalue weighted by molar-refractivity contribution is -0.133. The van der Waals surface area contributed by atoms with E-state index < -0.39 is 12.0 Å². The highest BCUT2D eigenvalue weighted by Crippen LogP contribution is 2.33. The van der Waals surface area contributed by atoms with Gasteiger partial charge < -0.3 is 10.4 Å². The van der Waals surface area contributed by atoms with Crippen molar-refractivity contribution in [1.29, 1.82) is 0 Å². The summed E-state index contributed by atoms with van der Waals surface area (Å²) in [4.78, 5) is 16.2. The normalized spacial score (nSPS) is 18.2. The molecule has 0 saturated carbocycles. The second kappa shape index (κ2) is 6.80. The molecule has 2 N–H and O–H groups in total. The van der Waals surface area contributed by atoms with Gasteiger partial charge >= 0.3 is 5.97 Å². The van der Waals surface area contributed by atoms with Gasteiger partial charge in [0, 0.05) is 11.4 Å². The SMILES string of the molecule is CCCSC1=NC(c2ccccc2C)C(C(=O)O)=C(C)N1. The molecular formula is C16H20N2O2S. The monoisotopic (exact) mass is 304 g/mol. The van der Waals surface area contributed by atoms with Crippen LogP contribution in [0.5, 0.6) is 0 Å². The standard InChI is InChI=1S/C16H20N2O2S/c1-4-9-21-16-17-11(3)13(15(19)20)14(18-16)12-8-6-5-7-10(12)2/h5-8,14H,4,9H2,1-3H3,(H,17,18)(H,19,20). The van der Waals surface area contributed by atoms with Crippen molar-refractivity contribution in [2.24, 2.45) is 4.99 Å². The molecule has 21 heavy (non-hydrogen) atoms. The van der Waals surface area contributed by atoms with Crippen molar-refractivity contribution in [2.75, 3.05) is 5.75 Å². The zero-order valence-electron chi connectivity index (χ0n) is 12.5. The molecule has 0 aliphatic carbocycles. The van der Waals surface area contributed by atoms with Gasteiger partial charge in [-0.15, -0.1) is 0 Å². The van der Waals surface area contributed by atoms with E-state index in [0.29, 0.717) is 11.3 Å². The van der Waals surface area contributed by atoms with E-state index in [4.69, 9.17) is 0 Å². The highest BCUT2D eigenvalue weighted by atomic mass is 32.2. The Morgan fingerprint density at radius 1 is 1.38 bits per heavy atom. The number of benzene rings is 1. The van der Waals surface area contributed by atoms with Crippen LogP contribution in [0.2, 0.25) is 0 Å². The third-order valence-corrected chi connectivity index (χ3v) is 4.47. The van der Waals surface area contributed by atoms with E-state index in [-0.39, 0.29) is 0 Å². The first kappa shape index (κ1) is 15.6. The van der Waals surface area contributed by atoms with Crippen LogP contribution in [0.4, 0.5) is 0 Å². The minimum absolute atomic E-state index is 0.324. The van der Waals surface area contributed by atoms with Crippen molar-refractivity contribution in [3.8, 4) is 0 Å². The highest BCUT2D eigenvalue weighted by Gasteiger charge is 2.29. The molecule has 1 atom stereocenters. The third-order valence-electron chi connectivity index (χ3n) is 3.37. The summed E-state index contributed by atoms with van der Waals surface area (Å²) in [7, 11) is 0. The summed E-state index contributed by atoms with van der Waals surface area (Å²) < 4.78 is 0. The Hall–Kier alpha value is -1.75. The van der Waals surface area contributed by atoms with Crippen LogP contribution < -0.4 is 5.32 Å². The van der Waals surface area contributed by atoms with Crippen molar-refractivity contribution in [3.63, 3.8) is 0 Å². The Kier molecular flexibility index (Phi) is 5.07. The van der Waals surface area contributed by atoms with Crippen molar-refractivity contribution in [1.82, 2.24) is 5.32 Å². The summed E-state index contributed by atoms with van der Waals surface area (Å²) in [5.74, 6) is 0.0405. The molecule has 4 nitrogen and oxygen atoms in total.